The third kappa shape index (κ3) is 6.51. The fraction of sp³-hybridized carbons (Fsp3) is 0.481. The van der Waals surface area contributed by atoms with Gasteiger partial charge in [0.15, 0.2) is 15.0 Å². The number of hydrogen-bond donors (Lipinski definition) is 0. The van der Waals surface area contributed by atoms with Gasteiger partial charge in [-0.15, -0.1) is 0 Å². The number of rotatable bonds is 10. The number of amides is 1. The van der Waals surface area contributed by atoms with E-state index in [2.05, 4.69) is 16.8 Å². The molecule has 212 valence electrons. The van der Waals surface area contributed by atoms with Gasteiger partial charge in [-0.25, -0.2) is 21.8 Å². The monoisotopic (exact) mass is 592 g/mol. The van der Waals surface area contributed by atoms with Crippen molar-refractivity contribution in [2.45, 2.75) is 43.4 Å². The summed E-state index contributed by atoms with van der Waals surface area (Å²) in [6.45, 7) is 9.81. The lowest BCUT2D eigenvalue weighted by atomic mass is 10.0. The largest absolute Gasteiger partial charge is 0.302 e. The summed E-state index contributed by atoms with van der Waals surface area (Å²) in [6, 6.07) is 11.0. The van der Waals surface area contributed by atoms with Crippen LogP contribution in [0, 0.1) is 5.92 Å². The molecule has 0 spiro atoms. The molecule has 0 radical (unpaired) electrons. The van der Waals surface area contributed by atoms with Gasteiger partial charge in [0.05, 0.1) is 14.5 Å². The Labute approximate surface area is 235 Å². The second-order valence-electron chi connectivity index (χ2n) is 9.97. The molecule has 12 heteroatoms. The first-order valence-corrected chi connectivity index (χ1v) is 17.3. The number of sulfonamides is 1. The van der Waals surface area contributed by atoms with E-state index in [0.717, 1.165) is 32.2 Å². The lowest BCUT2D eigenvalue weighted by Gasteiger charge is -2.29. The Balaban J connectivity index is 1.66. The Morgan fingerprint density at radius 3 is 2.23 bits per heavy atom. The van der Waals surface area contributed by atoms with Crippen molar-refractivity contribution in [2.24, 2.45) is 5.92 Å². The maximum absolute atomic E-state index is 13.8. The molecule has 1 saturated heterocycles. The van der Waals surface area contributed by atoms with Gasteiger partial charge in [-0.1, -0.05) is 38.2 Å². The van der Waals surface area contributed by atoms with Gasteiger partial charge in [-0.3, -0.25) is 9.69 Å². The quantitative estimate of drug-likeness (QED) is 0.349. The first-order valence-electron chi connectivity index (χ1n) is 13.2. The first-order chi connectivity index (χ1) is 18.5. The summed E-state index contributed by atoms with van der Waals surface area (Å²) >= 11 is 1.26. The van der Waals surface area contributed by atoms with Gasteiger partial charge in [0.25, 0.3) is 5.91 Å². The summed E-state index contributed by atoms with van der Waals surface area (Å²) in [5.74, 6) is 0.188. The molecule has 0 unspecified atom stereocenters. The highest BCUT2D eigenvalue weighted by molar-refractivity contribution is 7.91. The summed E-state index contributed by atoms with van der Waals surface area (Å²) in [5.41, 5.74) is 0.682. The van der Waals surface area contributed by atoms with Crippen LogP contribution < -0.4 is 4.90 Å². The van der Waals surface area contributed by atoms with Crippen molar-refractivity contribution in [3.05, 3.63) is 48.0 Å². The minimum absolute atomic E-state index is 0.125. The molecule has 1 aliphatic rings. The predicted molar refractivity (Wildman–Crippen MR) is 156 cm³/mol. The van der Waals surface area contributed by atoms with Crippen molar-refractivity contribution < 1.29 is 21.6 Å². The predicted octanol–water partition coefficient (Wildman–Crippen LogP) is 4.11. The van der Waals surface area contributed by atoms with Gasteiger partial charge in [0.2, 0.25) is 10.0 Å². The molecule has 4 rings (SSSR count). The standard InChI is InChI=1S/C27H36N4O5S3/c1-5-29(6-2)18-19-31(27-28-25-23(37-27)8-7-9-24(25)38(4,33)34)26(32)21-10-12-22(13-11-21)39(35,36)30-16-14-20(3)15-17-30/h7-13,20H,5-6,14-19H2,1-4H3. The van der Waals surface area contributed by atoms with E-state index < -0.39 is 19.9 Å². The molecule has 0 N–H and O–H groups in total. The number of nitrogens with zero attached hydrogens (tertiary/aromatic N) is 4. The fourth-order valence-corrected chi connectivity index (χ4v) is 8.07. The summed E-state index contributed by atoms with van der Waals surface area (Å²) in [5, 5.41) is 0.400. The Morgan fingerprint density at radius 1 is 1.00 bits per heavy atom. The van der Waals surface area contributed by atoms with E-state index in [4.69, 9.17) is 0 Å². The van der Waals surface area contributed by atoms with Crippen LogP contribution in [-0.2, 0) is 19.9 Å². The average molecular weight is 593 g/mol. The lowest BCUT2D eigenvalue weighted by molar-refractivity contribution is 0.0983. The van der Waals surface area contributed by atoms with Crippen LogP contribution in [0.3, 0.4) is 0 Å². The smallest absolute Gasteiger partial charge is 0.260 e. The van der Waals surface area contributed by atoms with E-state index in [1.165, 1.54) is 33.8 Å². The highest BCUT2D eigenvalue weighted by Gasteiger charge is 2.29. The lowest BCUT2D eigenvalue weighted by Crippen LogP contribution is -2.39. The van der Waals surface area contributed by atoms with Gasteiger partial charge in [0.1, 0.15) is 5.52 Å². The Morgan fingerprint density at radius 2 is 1.64 bits per heavy atom. The Bertz CT molecular complexity index is 1520. The number of anilines is 1. The van der Waals surface area contributed by atoms with Gasteiger partial charge < -0.3 is 4.90 Å². The first kappa shape index (κ1) is 29.6. The van der Waals surface area contributed by atoms with E-state index >= 15 is 0 Å². The molecule has 9 nitrogen and oxygen atoms in total. The zero-order valence-corrected chi connectivity index (χ0v) is 25.3. The molecule has 0 bridgehead atoms. The molecule has 1 aromatic heterocycles. The minimum Gasteiger partial charge on any atom is -0.302 e. The van der Waals surface area contributed by atoms with Crippen LogP contribution in [0.15, 0.2) is 52.3 Å². The maximum atomic E-state index is 13.8. The van der Waals surface area contributed by atoms with E-state index in [1.54, 1.807) is 29.2 Å². The number of benzene rings is 2. The molecule has 3 aromatic rings. The third-order valence-corrected chi connectivity index (χ3v) is 11.3. The van der Waals surface area contributed by atoms with Crippen molar-refractivity contribution in [3.8, 4) is 0 Å². The molecule has 2 heterocycles. The second-order valence-corrected chi connectivity index (χ2v) is 14.9. The SMILES string of the molecule is CCN(CC)CCN(C(=O)c1ccc(S(=O)(=O)N2CCC(C)CC2)cc1)c1nc2c(S(C)(=O)=O)cccc2s1. The molecule has 2 aromatic carbocycles. The molecular formula is C27H36N4O5S3. The number of thiazole rings is 1. The molecule has 39 heavy (non-hydrogen) atoms. The van der Waals surface area contributed by atoms with Crippen molar-refractivity contribution in [1.82, 2.24) is 14.2 Å². The second kappa shape index (κ2) is 12.0. The van der Waals surface area contributed by atoms with Crippen LogP contribution in [-0.4, -0.2) is 82.5 Å². The number of hydrogen-bond acceptors (Lipinski definition) is 8. The van der Waals surface area contributed by atoms with Crippen LogP contribution >= 0.6 is 11.3 Å². The molecule has 1 amide bonds. The molecule has 0 saturated carbocycles. The van der Waals surface area contributed by atoms with Gasteiger partial charge in [-0.05, 0) is 68.2 Å². The van der Waals surface area contributed by atoms with Gasteiger partial charge >= 0.3 is 0 Å². The summed E-state index contributed by atoms with van der Waals surface area (Å²) in [7, 11) is -7.14. The molecule has 1 fully saturated rings. The zero-order chi connectivity index (χ0) is 28.4. The number of fused-ring (bicyclic) bond motifs is 1. The van der Waals surface area contributed by atoms with Crippen molar-refractivity contribution in [2.75, 3.05) is 50.4 Å². The molecular weight excluding hydrogens is 557 g/mol. The zero-order valence-electron chi connectivity index (χ0n) is 22.8. The summed E-state index contributed by atoms with van der Waals surface area (Å²) in [4.78, 5) is 22.4. The average Bonchev–Trinajstić information content (AvgIpc) is 3.34. The van der Waals surface area contributed by atoms with E-state index in [9.17, 15) is 21.6 Å². The van der Waals surface area contributed by atoms with E-state index in [1.807, 2.05) is 13.8 Å². The van der Waals surface area contributed by atoms with Gasteiger partial charge in [-0.2, -0.15) is 4.31 Å². The number of sulfone groups is 1. The third-order valence-electron chi connectivity index (χ3n) is 7.26. The van der Waals surface area contributed by atoms with Crippen LogP contribution in [0.5, 0.6) is 0 Å². The normalized spacial score (nSPS) is 15.7. The van der Waals surface area contributed by atoms with Gasteiger partial charge in [0, 0.05) is 38.0 Å². The molecule has 0 aliphatic carbocycles. The van der Waals surface area contributed by atoms with E-state index in [-0.39, 0.29) is 15.7 Å². The summed E-state index contributed by atoms with van der Waals surface area (Å²) in [6.07, 6.45) is 2.81. The van der Waals surface area contributed by atoms with Crippen molar-refractivity contribution >= 4 is 52.5 Å². The topological polar surface area (TPSA) is 108 Å². The van der Waals surface area contributed by atoms with Crippen LogP contribution in [0.2, 0.25) is 0 Å². The fourth-order valence-electron chi connectivity index (χ4n) is 4.69. The number of likely N-dealkylation sites (N-methyl/N-ethyl adjacent to an activating group) is 1. The maximum Gasteiger partial charge on any atom is 0.260 e. The highest BCUT2D eigenvalue weighted by atomic mass is 32.2. The Kier molecular flexibility index (Phi) is 9.12. The van der Waals surface area contributed by atoms with E-state index in [0.29, 0.717) is 53.0 Å². The number of aromatic nitrogens is 1. The molecule has 0 atom stereocenters. The van der Waals surface area contributed by atoms with Crippen molar-refractivity contribution in [1.29, 1.82) is 0 Å². The molecule has 1 aliphatic heterocycles. The Hall–Kier alpha value is -2.38. The number of carbonyl (C=O) groups excluding carboxylic acids is 1. The van der Waals surface area contributed by atoms with Crippen LogP contribution in [0.25, 0.3) is 10.2 Å². The summed E-state index contributed by atoms with van der Waals surface area (Å²) < 4.78 is 53.2. The number of carbonyl (C=O) groups is 1. The van der Waals surface area contributed by atoms with Crippen LogP contribution in [0.1, 0.15) is 44.0 Å². The minimum atomic E-state index is -3.63. The number of para-hydroxylation sites is 1. The highest BCUT2D eigenvalue weighted by Crippen LogP contribution is 2.33. The number of piperidine rings is 1. The van der Waals surface area contributed by atoms with Crippen LogP contribution in [0.4, 0.5) is 5.13 Å². The van der Waals surface area contributed by atoms with Crippen molar-refractivity contribution in [3.63, 3.8) is 0 Å².